The first-order chi connectivity index (χ1) is 9.56. The molecule has 108 valence electrons. The molecule has 0 amide bonds. The van der Waals surface area contributed by atoms with Crippen molar-refractivity contribution in [2.75, 3.05) is 0 Å². The molecule has 1 heterocycles. The number of benzene rings is 1. The number of hydrogen-bond donors (Lipinski definition) is 0. The summed E-state index contributed by atoms with van der Waals surface area (Å²) in [7, 11) is 0. The highest BCUT2D eigenvalue weighted by molar-refractivity contribution is 5.79. The van der Waals surface area contributed by atoms with Gasteiger partial charge < -0.3 is 9.47 Å². The Balaban J connectivity index is 2.18. The molecule has 0 unspecified atom stereocenters. The molecule has 2 rings (SSSR count). The highest BCUT2D eigenvalue weighted by Gasteiger charge is 2.27. The van der Waals surface area contributed by atoms with Gasteiger partial charge in [-0.3, -0.25) is 9.59 Å². The molecule has 1 fully saturated rings. The Morgan fingerprint density at radius 1 is 1.00 bits per heavy atom. The van der Waals surface area contributed by atoms with E-state index in [0.29, 0.717) is 12.8 Å². The molecule has 4 nitrogen and oxygen atoms in total. The Kier molecular flexibility index (Phi) is 4.77. The third-order valence-corrected chi connectivity index (χ3v) is 3.44. The van der Waals surface area contributed by atoms with Crippen LogP contribution in [0.3, 0.4) is 0 Å². The van der Waals surface area contributed by atoms with Crippen molar-refractivity contribution in [3.8, 4) is 0 Å². The Hall–Kier alpha value is -1.84. The molecule has 0 N–H and O–H groups in total. The normalized spacial score (nSPS) is 28.4. The Labute approximate surface area is 119 Å². The lowest BCUT2D eigenvalue weighted by Crippen LogP contribution is -2.28. The highest BCUT2D eigenvalue weighted by Crippen LogP contribution is 2.25. The zero-order valence-electron chi connectivity index (χ0n) is 11.9. The number of cyclic esters (lactones) is 2. The van der Waals surface area contributed by atoms with Gasteiger partial charge in [0.25, 0.3) is 0 Å². The molecular weight excluding hydrogens is 256 g/mol. The van der Waals surface area contributed by atoms with Crippen LogP contribution < -0.4 is 0 Å². The van der Waals surface area contributed by atoms with Gasteiger partial charge >= 0.3 is 11.9 Å². The van der Waals surface area contributed by atoms with Gasteiger partial charge in [0.15, 0.2) is 0 Å². The minimum Gasteiger partial charge on any atom is -0.463 e. The summed E-state index contributed by atoms with van der Waals surface area (Å²) < 4.78 is 10.8. The van der Waals surface area contributed by atoms with Gasteiger partial charge in [0.2, 0.25) is 0 Å². The summed E-state index contributed by atoms with van der Waals surface area (Å²) in [4.78, 5) is 24.0. The molecule has 3 atom stereocenters. The van der Waals surface area contributed by atoms with Crippen molar-refractivity contribution in [3.05, 3.63) is 35.9 Å². The summed E-state index contributed by atoms with van der Waals surface area (Å²) in [5, 5.41) is 0. The first-order valence-corrected chi connectivity index (χ1v) is 7.01. The molecule has 4 heteroatoms. The van der Waals surface area contributed by atoms with Crippen molar-refractivity contribution >= 4 is 11.9 Å². The van der Waals surface area contributed by atoms with E-state index in [0.717, 1.165) is 5.56 Å². The zero-order valence-corrected chi connectivity index (χ0v) is 11.9. The van der Waals surface area contributed by atoms with Crippen molar-refractivity contribution in [2.45, 2.75) is 51.2 Å². The first-order valence-electron chi connectivity index (χ1n) is 7.01. The van der Waals surface area contributed by atoms with Crippen molar-refractivity contribution in [2.24, 2.45) is 0 Å². The second kappa shape index (κ2) is 6.55. The van der Waals surface area contributed by atoms with E-state index in [-0.39, 0.29) is 30.6 Å². The van der Waals surface area contributed by atoms with Crippen molar-refractivity contribution in [1.29, 1.82) is 0 Å². The quantitative estimate of drug-likeness (QED) is 0.740. The largest absolute Gasteiger partial charge is 0.463 e. The fourth-order valence-corrected chi connectivity index (χ4v) is 2.50. The molecule has 0 saturated carbocycles. The van der Waals surface area contributed by atoms with Gasteiger partial charge in [-0.1, -0.05) is 30.3 Å². The van der Waals surface area contributed by atoms with E-state index in [1.807, 2.05) is 44.2 Å². The van der Waals surface area contributed by atoms with Crippen LogP contribution in [0.1, 0.15) is 44.6 Å². The maximum atomic E-state index is 12.3. The lowest BCUT2D eigenvalue weighted by molar-refractivity contribution is -0.158. The summed E-state index contributed by atoms with van der Waals surface area (Å²) in [6, 6.07) is 9.43. The fourth-order valence-electron chi connectivity index (χ4n) is 2.50. The van der Waals surface area contributed by atoms with Crippen LogP contribution in [0, 0.1) is 0 Å². The second-order valence-electron chi connectivity index (χ2n) is 5.29. The van der Waals surface area contributed by atoms with E-state index >= 15 is 0 Å². The predicted molar refractivity (Wildman–Crippen MR) is 74.1 cm³/mol. The first kappa shape index (κ1) is 14.6. The molecule has 0 aliphatic carbocycles. The Morgan fingerprint density at radius 3 is 2.35 bits per heavy atom. The fraction of sp³-hybridized carbons (Fsp3) is 0.500. The molecule has 1 saturated heterocycles. The molecule has 0 spiro atoms. The second-order valence-corrected chi connectivity index (χ2v) is 5.29. The van der Waals surface area contributed by atoms with E-state index < -0.39 is 5.92 Å². The minimum atomic E-state index is -0.403. The number of hydrogen-bond acceptors (Lipinski definition) is 4. The van der Waals surface area contributed by atoms with E-state index in [4.69, 9.17) is 9.47 Å². The average molecular weight is 276 g/mol. The van der Waals surface area contributed by atoms with Crippen LogP contribution in [-0.4, -0.2) is 24.1 Å². The molecule has 0 bridgehead atoms. The van der Waals surface area contributed by atoms with Crippen LogP contribution >= 0.6 is 0 Å². The number of ether oxygens (including phenoxy) is 2. The SMILES string of the molecule is C[C@@H]1C[C@@H](C)OC(=O)[C@H](c2ccccc2)CCC(=O)O1. The molecule has 0 aromatic heterocycles. The number of esters is 2. The number of rotatable bonds is 1. The van der Waals surface area contributed by atoms with Gasteiger partial charge in [0.1, 0.15) is 12.2 Å². The summed E-state index contributed by atoms with van der Waals surface area (Å²) in [6.07, 6.45) is 0.696. The van der Waals surface area contributed by atoms with Gasteiger partial charge in [0.05, 0.1) is 5.92 Å². The van der Waals surface area contributed by atoms with Gasteiger partial charge in [-0.05, 0) is 25.8 Å². The molecule has 1 aliphatic heterocycles. The van der Waals surface area contributed by atoms with E-state index in [1.165, 1.54) is 0 Å². The van der Waals surface area contributed by atoms with Crippen molar-refractivity contribution in [3.63, 3.8) is 0 Å². The topological polar surface area (TPSA) is 52.6 Å². The van der Waals surface area contributed by atoms with Crippen molar-refractivity contribution in [1.82, 2.24) is 0 Å². The molecule has 1 aliphatic rings. The van der Waals surface area contributed by atoms with Crippen LogP contribution in [0.25, 0.3) is 0 Å². The summed E-state index contributed by atoms with van der Waals surface area (Å²) in [6.45, 7) is 3.64. The maximum Gasteiger partial charge on any atom is 0.313 e. The predicted octanol–water partition coefficient (Wildman–Crippen LogP) is 2.82. The highest BCUT2D eigenvalue weighted by atomic mass is 16.6. The zero-order chi connectivity index (χ0) is 14.5. The summed E-state index contributed by atoms with van der Waals surface area (Å²) in [5.41, 5.74) is 0.881. The molecule has 1 aromatic carbocycles. The summed E-state index contributed by atoms with van der Waals surface area (Å²) in [5.74, 6) is -0.912. The lowest BCUT2D eigenvalue weighted by atomic mass is 9.94. The third-order valence-electron chi connectivity index (χ3n) is 3.44. The Morgan fingerprint density at radius 2 is 1.65 bits per heavy atom. The third kappa shape index (κ3) is 3.83. The molecule has 20 heavy (non-hydrogen) atoms. The number of carbonyl (C=O) groups is 2. The van der Waals surface area contributed by atoms with E-state index in [1.54, 1.807) is 0 Å². The van der Waals surface area contributed by atoms with E-state index in [2.05, 4.69) is 0 Å². The monoisotopic (exact) mass is 276 g/mol. The smallest absolute Gasteiger partial charge is 0.313 e. The lowest BCUT2D eigenvalue weighted by Gasteiger charge is -2.24. The van der Waals surface area contributed by atoms with Crippen molar-refractivity contribution < 1.29 is 19.1 Å². The number of carbonyl (C=O) groups excluding carboxylic acids is 2. The molecular formula is C16H20O4. The van der Waals surface area contributed by atoms with Gasteiger partial charge in [-0.25, -0.2) is 0 Å². The molecule has 1 aromatic rings. The van der Waals surface area contributed by atoms with Crippen LogP contribution in [0.2, 0.25) is 0 Å². The van der Waals surface area contributed by atoms with Gasteiger partial charge in [0, 0.05) is 12.8 Å². The van der Waals surface area contributed by atoms with Crippen LogP contribution in [0.4, 0.5) is 0 Å². The van der Waals surface area contributed by atoms with Gasteiger partial charge in [-0.15, -0.1) is 0 Å². The average Bonchev–Trinajstić information content (AvgIpc) is 2.38. The van der Waals surface area contributed by atoms with Gasteiger partial charge in [-0.2, -0.15) is 0 Å². The van der Waals surface area contributed by atoms with Crippen LogP contribution in [-0.2, 0) is 19.1 Å². The standard InChI is InChI=1S/C16H20O4/c1-11-10-12(2)20-16(18)14(8-9-15(17)19-11)13-6-4-3-5-7-13/h3-7,11-12,14H,8-10H2,1-2H3/t11-,12-,14+/m1/s1. The minimum absolute atomic E-state index is 0.224. The van der Waals surface area contributed by atoms with Crippen LogP contribution in [0.15, 0.2) is 30.3 Å². The van der Waals surface area contributed by atoms with E-state index in [9.17, 15) is 9.59 Å². The van der Waals surface area contributed by atoms with Crippen LogP contribution in [0.5, 0.6) is 0 Å². The summed E-state index contributed by atoms with van der Waals surface area (Å²) >= 11 is 0. The molecule has 0 radical (unpaired) electrons. The maximum absolute atomic E-state index is 12.3. The Bertz CT molecular complexity index is 469.